The molecule has 36 heavy (non-hydrogen) atoms. The fourth-order valence-electron chi connectivity index (χ4n) is 4.26. The Balaban J connectivity index is 1.49. The molecule has 1 aliphatic rings. The molecule has 0 bridgehead atoms. The Labute approximate surface area is 211 Å². The van der Waals surface area contributed by atoms with E-state index in [9.17, 15) is 14.9 Å². The third-order valence-electron chi connectivity index (χ3n) is 5.91. The van der Waals surface area contributed by atoms with Crippen LogP contribution in [0.4, 0.5) is 11.6 Å². The minimum atomic E-state index is -0.720. The van der Waals surface area contributed by atoms with Crippen LogP contribution in [0.25, 0.3) is 10.8 Å². The van der Waals surface area contributed by atoms with Crippen molar-refractivity contribution < 1.29 is 14.5 Å². The van der Waals surface area contributed by atoms with Gasteiger partial charge in [0.2, 0.25) is 11.1 Å². The van der Waals surface area contributed by atoms with Crippen LogP contribution in [-0.2, 0) is 15.3 Å². The number of fused-ring (bicyclic) bond motifs is 2. The van der Waals surface area contributed by atoms with Crippen LogP contribution < -0.4 is 5.32 Å². The van der Waals surface area contributed by atoms with Crippen molar-refractivity contribution in [2.24, 2.45) is 0 Å². The molecule has 0 saturated carbocycles. The molecule has 4 aromatic rings. The fourth-order valence-corrected chi connectivity index (χ4v) is 5.03. The maximum atomic E-state index is 12.9. The topological polar surface area (TPSA) is 112 Å². The lowest BCUT2D eigenvalue weighted by atomic mass is 9.95. The highest BCUT2D eigenvalue weighted by atomic mass is 32.2. The molecule has 1 aliphatic heterocycles. The number of nitro benzene ring substituents is 1. The quantitative estimate of drug-likeness (QED) is 0.153. The molecule has 0 spiro atoms. The van der Waals surface area contributed by atoms with Gasteiger partial charge in [-0.3, -0.25) is 10.1 Å². The van der Waals surface area contributed by atoms with Gasteiger partial charge in [0.15, 0.2) is 0 Å². The first-order valence-electron chi connectivity index (χ1n) is 11.4. The van der Waals surface area contributed by atoms with E-state index in [-0.39, 0.29) is 12.3 Å². The van der Waals surface area contributed by atoms with Gasteiger partial charge in [-0.25, -0.2) is 9.48 Å². The summed E-state index contributed by atoms with van der Waals surface area (Å²) in [5, 5.41) is 22.1. The van der Waals surface area contributed by atoms with Crippen LogP contribution in [0.3, 0.4) is 0 Å². The van der Waals surface area contributed by atoms with Gasteiger partial charge in [0.05, 0.1) is 17.1 Å². The van der Waals surface area contributed by atoms with Crippen molar-refractivity contribution in [1.29, 1.82) is 0 Å². The van der Waals surface area contributed by atoms with Crippen molar-refractivity contribution in [2.75, 3.05) is 11.9 Å². The number of non-ortho nitro benzene ring substituents is 1. The van der Waals surface area contributed by atoms with Gasteiger partial charge in [-0.1, -0.05) is 66.4 Å². The van der Waals surface area contributed by atoms with E-state index in [0.29, 0.717) is 33.7 Å². The van der Waals surface area contributed by atoms with Gasteiger partial charge in [-0.15, -0.1) is 5.10 Å². The highest BCUT2D eigenvalue weighted by Crippen LogP contribution is 2.38. The first-order chi connectivity index (χ1) is 17.4. The molecule has 1 N–H and O–H groups in total. The molecule has 1 atom stereocenters. The molecule has 10 heteroatoms. The first kappa shape index (κ1) is 23.6. The van der Waals surface area contributed by atoms with E-state index in [1.807, 2.05) is 12.1 Å². The third-order valence-corrected chi connectivity index (χ3v) is 6.82. The van der Waals surface area contributed by atoms with Crippen molar-refractivity contribution in [1.82, 2.24) is 14.8 Å². The fraction of sp³-hybridized carbons (Fsp3) is 0.192. The molecule has 5 rings (SSSR count). The van der Waals surface area contributed by atoms with Crippen LogP contribution in [0.2, 0.25) is 0 Å². The number of carbonyl (C=O) groups excluding carboxylic acids is 1. The molecule has 0 amide bonds. The average molecular weight is 502 g/mol. The number of thioether (sulfide) groups is 1. The van der Waals surface area contributed by atoms with Gasteiger partial charge in [0.1, 0.15) is 6.04 Å². The standard InChI is InChI=1S/C26H23N5O4S/c1-3-35-24(32)22-16(2)27-25-28-26(36-15-17-11-12-18-7-4-5-8-19(18)13-17)29-30(25)23(22)20-9-6-10-21(14-20)31(33)34/h4-14,23H,3,15H2,1-2H3,(H,27,28,29)/t23-/m0/s1. The molecule has 3 aromatic carbocycles. The summed E-state index contributed by atoms with van der Waals surface area (Å²) in [6, 6.07) is 20.0. The second-order valence-corrected chi connectivity index (χ2v) is 9.21. The van der Waals surface area contributed by atoms with Crippen molar-refractivity contribution >= 4 is 40.1 Å². The van der Waals surface area contributed by atoms with Gasteiger partial charge in [0, 0.05) is 23.6 Å². The molecule has 1 aromatic heterocycles. The number of hydrogen-bond donors (Lipinski definition) is 1. The molecule has 0 unspecified atom stereocenters. The van der Waals surface area contributed by atoms with Gasteiger partial charge < -0.3 is 10.1 Å². The van der Waals surface area contributed by atoms with Gasteiger partial charge in [-0.05, 0) is 35.7 Å². The van der Waals surface area contributed by atoms with Crippen LogP contribution in [0.1, 0.15) is 31.0 Å². The van der Waals surface area contributed by atoms with Crippen molar-refractivity contribution in [3.8, 4) is 0 Å². The number of hydrogen-bond acceptors (Lipinski definition) is 8. The minimum Gasteiger partial charge on any atom is -0.463 e. The second-order valence-electron chi connectivity index (χ2n) is 8.27. The zero-order valence-corrected chi connectivity index (χ0v) is 20.5. The molecule has 0 fully saturated rings. The molecule has 182 valence electrons. The van der Waals surface area contributed by atoms with E-state index >= 15 is 0 Å². The monoisotopic (exact) mass is 501 g/mol. The number of ether oxygens (including phenoxy) is 1. The zero-order valence-electron chi connectivity index (χ0n) is 19.7. The molecule has 0 saturated heterocycles. The minimum absolute atomic E-state index is 0.0699. The SMILES string of the molecule is CCOC(=O)C1=C(C)Nc2nc(SCc3ccc4ccccc4c3)nn2[C@H]1c1cccc([N+](=O)[O-])c1. The Hall–Kier alpha value is -4.18. The number of nitrogens with zero attached hydrogens (tertiary/aromatic N) is 4. The molecule has 2 heterocycles. The van der Waals surface area contributed by atoms with Gasteiger partial charge >= 0.3 is 5.97 Å². The number of allylic oxidation sites excluding steroid dienone is 1. The maximum absolute atomic E-state index is 12.9. The number of aromatic nitrogens is 3. The molecular formula is C26H23N5O4S. The summed E-state index contributed by atoms with van der Waals surface area (Å²) >= 11 is 1.48. The number of anilines is 1. The van der Waals surface area contributed by atoms with Crippen LogP contribution >= 0.6 is 11.8 Å². The van der Waals surface area contributed by atoms with E-state index in [1.54, 1.807) is 30.7 Å². The summed E-state index contributed by atoms with van der Waals surface area (Å²) < 4.78 is 6.90. The summed E-state index contributed by atoms with van der Waals surface area (Å²) in [6.07, 6.45) is 0. The highest BCUT2D eigenvalue weighted by molar-refractivity contribution is 7.98. The summed E-state index contributed by atoms with van der Waals surface area (Å²) in [5.74, 6) is 0.607. The average Bonchev–Trinajstić information content (AvgIpc) is 3.29. The normalized spacial score (nSPS) is 14.9. The lowest BCUT2D eigenvalue weighted by molar-refractivity contribution is -0.384. The molecule has 9 nitrogen and oxygen atoms in total. The van der Waals surface area contributed by atoms with E-state index in [2.05, 4.69) is 45.7 Å². The van der Waals surface area contributed by atoms with Crippen molar-refractivity contribution in [3.05, 3.63) is 99.2 Å². The number of benzene rings is 3. The Morgan fingerprint density at radius 2 is 1.94 bits per heavy atom. The zero-order chi connectivity index (χ0) is 25.2. The number of esters is 1. The smallest absolute Gasteiger partial charge is 0.338 e. The van der Waals surface area contributed by atoms with Gasteiger partial charge in [-0.2, -0.15) is 4.98 Å². The van der Waals surface area contributed by atoms with Crippen LogP contribution in [-0.4, -0.2) is 32.3 Å². The Morgan fingerprint density at radius 1 is 1.14 bits per heavy atom. The van der Waals surface area contributed by atoms with E-state index in [1.165, 1.54) is 34.7 Å². The summed E-state index contributed by atoms with van der Waals surface area (Å²) in [7, 11) is 0. The Bertz CT molecular complexity index is 1510. The van der Waals surface area contributed by atoms with Gasteiger partial charge in [0.25, 0.3) is 5.69 Å². The molecule has 0 aliphatic carbocycles. The molecule has 0 radical (unpaired) electrons. The van der Waals surface area contributed by atoms with Crippen LogP contribution in [0.15, 0.2) is 83.2 Å². The summed E-state index contributed by atoms with van der Waals surface area (Å²) in [4.78, 5) is 28.5. The van der Waals surface area contributed by atoms with Crippen LogP contribution in [0.5, 0.6) is 0 Å². The predicted molar refractivity (Wildman–Crippen MR) is 138 cm³/mol. The van der Waals surface area contributed by atoms with E-state index < -0.39 is 16.9 Å². The lowest BCUT2D eigenvalue weighted by Gasteiger charge is -2.27. The lowest BCUT2D eigenvalue weighted by Crippen LogP contribution is -2.29. The number of nitro groups is 1. The largest absolute Gasteiger partial charge is 0.463 e. The van der Waals surface area contributed by atoms with Crippen LogP contribution in [0, 0.1) is 10.1 Å². The summed E-state index contributed by atoms with van der Waals surface area (Å²) in [6.45, 7) is 3.69. The Morgan fingerprint density at radius 3 is 2.72 bits per heavy atom. The number of nitrogens with one attached hydrogen (secondary N) is 1. The van der Waals surface area contributed by atoms with E-state index in [4.69, 9.17) is 4.74 Å². The predicted octanol–water partition coefficient (Wildman–Crippen LogP) is 5.48. The first-order valence-corrected chi connectivity index (χ1v) is 12.4. The second kappa shape index (κ2) is 9.82. The number of carbonyl (C=O) groups is 1. The molecular weight excluding hydrogens is 478 g/mol. The third kappa shape index (κ3) is 4.55. The maximum Gasteiger partial charge on any atom is 0.338 e. The Kier molecular flexibility index (Phi) is 6.43. The summed E-state index contributed by atoms with van der Waals surface area (Å²) in [5.41, 5.74) is 2.51. The van der Waals surface area contributed by atoms with Crippen molar-refractivity contribution in [3.63, 3.8) is 0 Å². The highest BCUT2D eigenvalue weighted by Gasteiger charge is 2.35. The van der Waals surface area contributed by atoms with E-state index in [0.717, 1.165) is 5.56 Å². The van der Waals surface area contributed by atoms with Crippen molar-refractivity contribution in [2.45, 2.75) is 30.8 Å². The number of rotatable bonds is 7.